The topological polar surface area (TPSA) is 52.0 Å². The highest BCUT2D eigenvalue weighted by Gasteiger charge is 2.07. The molecule has 0 aliphatic rings. The maximum Gasteiger partial charge on any atom is 0.169 e. The van der Waals surface area contributed by atoms with Gasteiger partial charge in [-0.25, -0.2) is 0 Å². The number of nitrogens with zero attached hydrogens (tertiary/aromatic N) is 1. The minimum Gasteiger partial charge on any atom is -0.381 e. The van der Waals surface area contributed by atoms with E-state index in [0.29, 0.717) is 16.6 Å². The molecule has 15 heavy (non-hydrogen) atoms. The van der Waals surface area contributed by atoms with Crippen molar-refractivity contribution < 1.29 is 4.52 Å². The molecule has 1 heterocycles. The molecule has 0 atom stereocenters. The third kappa shape index (κ3) is 2.11. The van der Waals surface area contributed by atoms with Crippen LogP contribution in [-0.4, -0.2) is 11.4 Å². The van der Waals surface area contributed by atoms with Crippen LogP contribution in [0.2, 0.25) is 5.02 Å². The van der Waals surface area contributed by atoms with E-state index in [1.807, 2.05) is 24.5 Å². The van der Waals surface area contributed by atoms with Crippen LogP contribution in [0.3, 0.4) is 0 Å². The summed E-state index contributed by atoms with van der Waals surface area (Å²) in [6.07, 6.45) is 1.98. The van der Waals surface area contributed by atoms with Crippen molar-refractivity contribution >= 4 is 29.2 Å². The largest absolute Gasteiger partial charge is 0.381 e. The third-order valence-corrected chi connectivity index (χ3v) is 3.19. The maximum absolute atomic E-state index is 6.07. The van der Waals surface area contributed by atoms with E-state index in [1.165, 1.54) is 0 Å². The van der Waals surface area contributed by atoms with E-state index < -0.39 is 0 Å². The standard InChI is InChI=1S/C10H9ClN2OS/c1-15-9-3-2-6(4-7(9)11)8-5-10(12)13-14-8/h2-5H,1H3,(H2,12,13). The number of benzene rings is 1. The van der Waals surface area contributed by atoms with Crippen LogP contribution in [0.4, 0.5) is 5.82 Å². The van der Waals surface area contributed by atoms with Crippen molar-refractivity contribution in [3.8, 4) is 11.3 Å². The maximum atomic E-state index is 6.07. The average molecular weight is 241 g/mol. The molecule has 1 aromatic carbocycles. The van der Waals surface area contributed by atoms with Gasteiger partial charge in [0.15, 0.2) is 11.6 Å². The van der Waals surface area contributed by atoms with Crippen molar-refractivity contribution in [2.45, 2.75) is 4.90 Å². The van der Waals surface area contributed by atoms with Gasteiger partial charge in [-0.05, 0) is 24.5 Å². The van der Waals surface area contributed by atoms with E-state index in [0.717, 1.165) is 10.5 Å². The zero-order valence-corrected chi connectivity index (χ0v) is 9.60. The molecule has 0 bridgehead atoms. The van der Waals surface area contributed by atoms with Crippen LogP contribution < -0.4 is 5.73 Å². The molecule has 0 spiro atoms. The quantitative estimate of drug-likeness (QED) is 0.819. The Balaban J connectivity index is 2.42. The highest BCUT2D eigenvalue weighted by atomic mass is 35.5. The molecular formula is C10H9ClN2OS. The van der Waals surface area contributed by atoms with Gasteiger partial charge in [-0.1, -0.05) is 16.8 Å². The van der Waals surface area contributed by atoms with Crippen molar-refractivity contribution in [2.24, 2.45) is 0 Å². The molecule has 0 saturated heterocycles. The van der Waals surface area contributed by atoms with Crippen LogP contribution >= 0.6 is 23.4 Å². The normalized spacial score (nSPS) is 10.5. The number of nitrogen functional groups attached to an aromatic ring is 1. The molecule has 0 unspecified atom stereocenters. The van der Waals surface area contributed by atoms with E-state index in [9.17, 15) is 0 Å². The average Bonchev–Trinajstić information content (AvgIpc) is 2.65. The van der Waals surface area contributed by atoms with E-state index in [2.05, 4.69) is 5.16 Å². The van der Waals surface area contributed by atoms with Crippen molar-refractivity contribution in [1.82, 2.24) is 5.16 Å². The molecule has 0 aliphatic heterocycles. The second-order valence-corrected chi connectivity index (χ2v) is 4.22. The summed E-state index contributed by atoms with van der Waals surface area (Å²) in [5.41, 5.74) is 6.34. The van der Waals surface area contributed by atoms with Gasteiger partial charge in [0.05, 0.1) is 5.02 Å². The summed E-state index contributed by atoms with van der Waals surface area (Å²) in [6, 6.07) is 7.39. The van der Waals surface area contributed by atoms with Gasteiger partial charge in [-0.2, -0.15) is 0 Å². The molecule has 1 aromatic heterocycles. The second kappa shape index (κ2) is 4.16. The molecule has 0 aliphatic carbocycles. The summed E-state index contributed by atoms with van der Waals surface area (Å²) < 4.78 is 5.04. The van der Waals surface area contributed by atoms with Crippen molar-refractivity contribution in [3.63, 3.8) is 0 Å². The Labute approximate surface area is 96.6 Å². The number of hydrogen-bond donors (Lipinski definition) is 1. The first-order valence-electron chi connectivity index (χ1n) is 4.27. The SMILES string of the molecule is CSc1ccc(-c2cc(N)no2)cc1Cl. The first-order chi connectivity index (χ1) is 7.20. The zero-order valence-electron chi connectivity index (χ0n) is 8.03. The van der Waals surface area contributed by atoms with Gasteiger partial charge in [0.2, 0.25) is 0 Å². The summed E-state index contributed by atoms with van der Waals surface area (Å²) in [6.45, 7) is 0. The number of hydrogen-bond acceptors (Lipinski definition) is 4. The molecule has 0 amide bonds. The highest BCUT2D eigenvalue weighted by molar-refractivity contribution is 7.98. The Bertz CT molecular complexity index is 484. The highest BCUT2D eigenvalue weighted by Crippen LogP contribution is 2.30. The van der Waals surface area contributed by atoms with Crippen molar-refractivity contribution in [2.75, 3.05) is 12.0 Å². The Morgan fingerprint density at radius 2 is 2.20 bits per heavy atom. The lowest BCUT2D eigenvalue weighted by atomic mass is 10.2. The minimum absolute atomic E-state index is 0.370. The van der Waals surface area contributed by atoms with E-state index >= 15 is 0 Å². The van der Waals surface area contributed by atoms with Crippen LogP contribution in [0.5, 0.6) is 0 Å². The van der Waals surface area contributed by atoms with Crippen LogP contribution in [0, 0.1) is 0 Å². The Hall–Kier alpha value is -1.13. The van der Waals surface area contributed by atoms with E-state index in [1.54, 1.807) is 17.8 Å². The van der Waals surface area contributed by atoms with Crippen LogP contribution in [0.1, 0.15) is 0 Å². The summed E-state index contributed by atoms with van der Waals surface area (Å²) in [5.74, 6) is 0.997. The number of nitrogens with two attached hydrogens (primary N) is 1. The molecule has 5 heteroatoms. The van der Waals surface area contributed by atoms with Crippen LogP contribution in [-0.2, 0) is 0 Å². The Kier molecular flexibility index (Phi) is 2.88. The number of aromatic nitrogens is 1. The molecular weight excluding hydrogens is 232 g/mol. The molecule has 2 aromatic rings. The molecule has 2 N–H and O–H groups in total. The molecule has 3 nitrogen and oxygen atoms in total. The molecule has 0 saturated carbocycles. The number of halogens is 1. The lowest BCUT2D eigenvalue weighted by Crippen LogP contribution is -1.80. The molecule has 0 radical (unpaired) electrons. The van der Waals surface area contributed by atoms with E-state index in [4.69, 9.17) is 21.9 Å². The van der Waals surface area contributed by atoms with Crippen LogP contribution in [0.25, 0.3) is 11.3 Å². The summed E-state index contributed by atoms with van der Waals surface area (Å²) in [5, 5.41) is 4.32. The molecule has 0 fully saturated rings. The van der Waals surface area contributed by atoms with Gasteiger partial charge in [-0.15, -0.1) is 11.8 Å². The number of rotatable bonds is 2. The van der Waals surface area contributed by atoms with Gasteiger partial charge in [0, 0.05) is 16.5 Å². The third-order valence-electron chi connectivity index (χ3n) is 1.96. The fraction of sp³-hybridized carbons (Fsp3) is 0.100. The summed E-state index contributed by atoms with van der Waals surface area (Å²) in [7, 11) is 0. The van der Waals surface area contributed by atoms with Crippen molar-refractivity contribution in [3.05, 3.63) is 29.3 Å². The fourth-order valence-corrected chi connectivity index (χ4v) is 2.11. The van der Waals surface area contributed by atoms with Gasteiger partial charge < -0.3 is 10.3 Å². The zero-order chi connectivity index (χ0) is 10.8. The van der Waals surface area contributed by atoms with Crippen molar-refractivity contribution in [1.29, 1.82) is 0 Å². The van der Waals surface area contributed by atoms with Gasteiger partial charge in [0.25, 0.3) is 0 Å². The van der Waals surface area contributed by atoms with Crippen LogP contribution in [0.15, 0.2) is 33.7 Å². The lowest BCUT2D eigenvalue weighted by molar-refractivity contribution is 0.436. The van der Waals surface area contributed by atoms with E-state index in [-0.39, 0.29) is 0 Å². The lowest BCUT2D eigenvalue weighted by Gasteiger charge is -2.01. The smallest absolute Gasteiger partial charge is 0.169 e. The van der Waals surface area contributed by atoms with Gasteiger partial charge in [-0.3, -0.25) is 0 Å². The van der Waals surface area contributed by atoms with Gasteiger partial charge >= 0.3 is 0 Å². The van der Waals surface area contributed by atoms with Gasteiger partial charge in [0.1, 0.15) is 0 Å². The summed E-state index contributed by atoms with van der Waals surface area (Å²) >= 11 is 7.67. The first kappa shape index (κ1) is 10.4. The monoisotopic (exact) mass is 240 g/mol. The summed E-state index contributed by atoms with van der Waals surface area (Å²) in [4.78, 5) is 1.04. The first-order valence-corrected chi connectivity index (χ1v) is 5.87. The minimum atomic E-state index is 0.370. The predicted octanol–water partition coefficient (Wildman–Crippen LogP) is 3.30. The molecule has 78 valence electrons. The number of anilines is 1. The number of thioether (sulfide) groups is 1. The second-order valence-electron chi connectivity index (χ2n) is 2.97. The molecule has 2 rings (SSSR count). The Morgan fingerprint density at radius 3 is 2.73 bits per heavy atom. The fourth-order valence-electron chi connectivity index (χ4n) is 1.24. The predicted molar refractivity (Wildman–Crippen MR) is 63.1 cm³/mol. The Morgan fingerprint density at radius 1 is 1.40 bits per heavy atom.